The molecule has 186 valence electrons. The van der Waals surface area contributed by atoms with Gasteiger partial charge in [0.1, 0.15) is 22.3 Å². The van der Waals surface area contributed by atoms with Gasteiger partial charge < -0.3 is 24.8 Å². The van der Waals surface area contributed by atoms with Crippen LogP contribution in [0.15, 0.2) is 18.5 Å². The molecule has 12 heteroatoms. The fraction of sp³-hybridized carbons (Fsp3) is 0.545. The topological polar surface area (TPSA) is 144 Å². The highest BCUT2D eigenvalue weighted by Gasteiger charge is 2.27. The van der Waals surface area contributed by atoms with E-state index in [0.717, 1.165) is 0 Å². The quantitative estimate of drug-likeness (QED) is 0.563. The molecule has 2 N–H and O–H groups in total. The largest absolute Gasteiger partial charge is 0.501 e. The van der Waals surface area contributed by atoms with Gasteiger partial charge in [-0.15, -0.1) is 0 Å². The number of hydrogen-bond donors (Lipinski definition) is 2. The number of hydrogen-bond acceptors (Lipinski definition) is 10. The van der Waals surface area contributed by atoms with Gasteiger partial charge in [-0.05, 0) is 32.9 Å². The van der Waals surface area contributed by atoms with Crippen LogP contribution in [0, 0.1) is 6.92 Å². The van der Waals surface area contributed by atoms with Gasteiger partial charge in [0.15, 0.2) is 5.82 Å². The Morgan fingerprint density at radius 2 is 1.97 bits per heavy atom. The molecule has 1 fully saturated rings. The monoisotopic (exact) mass is 493 g/mol. The van der Waals surface area contributed by atoms with Gasteiger partial charge in [0.05, 0.1) is 23.2 Å². The zero-order valence-electron chi connectivity index (χ0n) is 19.8. The van der Waals surface area contributed by atoms with Gasteiger partial charge in [-0.2, -0.15) is 4.98 Å². The molecule has 0 saturated carbocycles. The molecule has 0 aliphatic carbocycles. The Kier molecular flexibility index (Phi) is 8.13. The van der Waals surface area contributed by atoms with Crippen LogP contribution in [0.4, 0.5) is 16.3 Å². The lowest BCUT2D eigenvalue weighted by Gasteiger charge is -2.31. The number of rotatable bonds is 8. The third-order valence-electron chi connectivity index (χ3n) is 5.23. The summed E-state index contributed by atoms with van der Waals surface area (Å²) in [6, 6.07) is 3.49. The number of pyridine rings is 1. The average Bonchev–Trinajstić information content (AvgIpc) is 2.76. The average molecular weight is 494 g/mol. The normalized spacial score (nSPS) is 14.8. The standard InChI is InChI=1S/C22H31N5O6S/c1-14(2)32-22(29)27-10-7-17(8-11-27)33-21-19(28)20(23-13-24-21)26-18-6-5-16(25-15(18)3)9-12-34(4,30)31/h5-6,13-14,17,28H,7-12H2,1-4H3,(H,23,24,26). The first-order valence-electron chi connectivity index (χ1n) is 11.1. The van der Waals surface area contributed by atoms with Crippen molar-refractivity contribution in [1.82, 2.24) is 19.9 Å². The summed E-state index contributed by atoms with van der Waals surface area (Å²) in [5.74, 6) is 0.00907. The molecule has 1 saturated heterocycles. The second-order valence-electron chi connectivity index (χ2n) is 8.55. The third-order valence-corrected chi connectivity index (χ3v) is 6.17. The summed E-state index contributed by atoms with van der Waals surface area (Å²) in [5, 5.41) is 13.7. The Bertz CT molecular complexity index is 1120. The number of carbonyl (C=O) groups is 1. The summed E-state index contributed by atoms with van der Waals surface area (Å²) in [4.78, 5) is 26.3. The zero-order valence-corrected chi connectivity index (χ0v) is 20.6. The Hall–Kier alpha value is -3.15. The maximum Gasteiger partial charge on any atom is 0.410 e. The Morgan fingerprint density at radius 3 is 2.59 bits per heavy atom. The number of amides is 1. The van der Waals surface area contributed by atoms with Crippen molar-refractivity contribution in [2.45, 2.75) is 52.2 Å². The SMILES string of the molecule is Cc1nc(CCS(C)(=O)=O)ccc1Nc1ncnc(OC2CCN(C(=O)OC(C)C)CC2)c1O. The van der Waals surface area contributed by atoms with Crippen LogP contribution in [-0.2, 0) is 21.0 Å². The molecule has 1 aliphatic rings. The van der Waals surface area contributed by atoms with Crippen LogP contribution < -0.4 is 10.1 Å². The highest BCUT2D eigenvalue weighted by molar-refractivity contribution is 7.90. The summed E-state index contributed by atoms with van der Waals surface area (Å²) in [5.41, 5.74) is 1.90. The lowest BCUT2D eigenvalue weighted by atomic mass is 10.1. The fourth-order valence-corrected chi connectivity index (χ4v) is 4.01. The van der Waals surface area contributed by atoms with Crippen LogP contribution in [0.1, 0.15) is 38.1 Å². The number of nitrogens with zero attached hydrogens (tertiary/aromatic N) is 4. The predicted octanol–water partition coefficient (Wildman–Crippen LogP) is 2.60. The fourth-order valence-electron chi connectivity index (χ4n) is 3.43. The van der Waals surface area contributed by atoms with Crippen molar-refractivity contribution in [3.05, 3.63) is 29.8 Å². The molecule has 0 bridgehead atoms. The lowest BCUT2D eigenvalue weighted by molar-refractivity contribution is 0.0500. The summed E-state index contributed by atoms with van der Waals surface area (Å²) in [7, 11) is -3.07. The van der Waals surface area contributed by atoms with E-state index in [1.807, 2.05) is 13.8 Å². The van der Waals surface area contributed by atoms with Gasteiger partial charge in [0, 0.05) is 44.3 Å². The number of aryl methyl sites for hydroxylation is 2. The van der Waals surface area contributed by atoms with Crippen molar-refractivity contribution in [3.63, 3.8) is 0 Å². The number of ether oxygens (including phenoxy) is 2. The van der Waals surface area contributed by atoms with Gasteiger partial charge in [-0.1, -0.05) is 0 Å². The first kappa shape index (κ1) is 25.5. The number of aromatic nitrogens is 3. The number of anilines is 2. The molecular weight excluding hydrogens is 462 g/mol. The molecule has 0 unspecified atom stereocenters. The van der Waals surface area contributed by atoms with Gasteiger partial charge in [0.25, 0.3) is 5.88 Å². The smallest absolute Gasteiger partial charge is 0.410 e. The molecule has 2 aromatic rings. The van der Waals surface area contributed by atoms with E-state index in [4.69, 9.17) is 9.47 Å². The molecule has 0 spiro atoms. The van der Waals surface area contributed by atoms with Crippen molar-refractivity contribution >= 4 is 27.4 Å². The summed E-state index contributed by atoms with van der Waals surface area (Å²) >= 11 is 0. The number of sulfone groups is 1. The van der Waals surface area contributed by atoms with Crippen LogP contribution in [0.2, 0.25) is 0 Å². The number of nitrogens with one attached hydrogen (secondary N) is 1. The van der Waals surface area contributed by atoms with Crippen LogP contribution in [0.3, 0.4) is 0 Å². The van der Waals surface area contributed by atoms with E-state index in [1.54, 1.807) is 24.0 Å². The maximum atomic E-state index is 12.0. The molecule has 1 amide bonds. The maximum absolute atomic E-state index is 12.0. The molecule has 34 heavy (non-hydrogen) atoms. The van der Waals surface area contributed by atoms with Crippen LogP contribution >= 0.6 is 0 Å². The molecule has 0 aromatic carbocycles. The molecule has 11 nitrogen and oxygen atoms in total. The summed E-state index contributed by atoms with van der Waals surface area (Å²) in [6.07, 6.45) is 3.24. The van der Waals surface area contributed by atoms with E-state index < -0.39 is 9.84 Å². The van der Waals surface area contributed by atoms with E-state index in [9.17, 15) is 18.3 Å². The number of carbonyl (C=O) groups excluding carboxylic acids is 1. The molecule has 3 heterocycles. The summed E-state index contributed by atoms with van der Waals surface area (Å²) in [6.45, 7) is 6.37. The highest BCUT2D eigenvalue weighted by atomic mass is 32.2. The lowest BCUT2D eigenvalue weighted by Crippen LogP contribution is -2.42. The Morgan fingerprint density at radius 1 is 1.26 bits per heavy atom. The first-order valence-corrected chi connectivity index (χ1v) is 13.2. The van der Waals surface area contributed by atoms with Crippen molar-refractivity contribution < 1.29 is 27.8 Å². The van der Waals surface area contributed by atoms with Crippen LogP contribution in [0.25, 0.3) is 0 Å². The van der Waals surface area contributed by atoms with Crippen molar-refractivity contribution in [2.24, 2.45) is 0 Å². The second kappa shape index (κ2) is 10.9. The van der Waals surface area contributed by atoms with Gasteiger partial charge in [-0.25, -0.2) is 18.2 Å². The first-order chi connectivity index (χ1) is 16.0. The van der Waals surface area contributed by atoms with E-state index in [0.29, 0.717) is 49.4 Å². The van der Waals surface area contributed by atoms with Gasteiger partial charge >= 0.3 is 6.09 Å². The molecule has 0 atom stereocenters. The third kappa shape index (κ3) is 7.17. The van der Waals surface area contributed by atoms with E-state index in [1.165, 1.54) is 12.6 Å². The van der Waals surface area contributed by atoms with Crippen molar-refractivity contribution in [3.8, 4) is 11.6 Å². The molecule has 1 aliphatic heterocycles. The van der Waals surface area contributed by atoms with Crippen molar-refractivity contribution in [2.75, 3.05) is 30.4 Å². The number of piperidine rings is 1. The minimum atomic E-state index is -3.07. The summed E-state index contributed by atoms with van der Waals surface area (Å²) < 4.78 is 33.9. The number of aromatic hydroxyl groups is 1. The zero-order chi connectivity index (χ0) is 24.9. The highest BCUT2D eigenvalue weighted by Crippen LogP contribution is 2.34. The Labute approximate surface area is 199 Å². The van der Waals surface area contributed by atoms with E-state index >= 15 is 0 Å². The molecule has 3 rings (SSSR count). The Balaban J connectivity index is 1.62. The molecule has 2 aromatic heterocycles. The van der Waals surface area contributed by atoms with E-state index in [-0.39, 0.29) is 41.5 Å². The van der Waals surface area contributed by atoms with Gasteiger partial charge in [0.2, 0.25) is 5.75 Å². The molecular formula is C22H31N5O6S. The van der Waals surface area contributed by atoms with E-state index in [2.05, 4.69) is 20.3 Å². The van der Waals surface area contributed by atoms with Gasteiger partial charge in [-0.3, -0.25) is 4.98 Å². The molecule has 0 radical (unpaired) electrons. The number of likely N-dealkylation sites (tertiary alicyclic amines) is 1. The predicted molar refractivity (Wildman–Crippen MR) is 126 cm³/mol. The van der Waals surface area contributed by atoms with Crippen LogP contribution in [-0.4, -0.2) is 76.8 Å². The second-order valence-corrected chi connectivity index (χ2v) is 10.8. The van der Waals surface area contributed by atoms with Crippen LogP contribution in [0.5, 0.6) is 11.6 Å². The minimum Gasteiger partial charge on any atom is -0.501 e. The van der Waals surface area contributed by atoms with Crippen molar-refractivity contribution in [1.29, 1.82) is 0 Å². The minimum absolute atomic E-state index is 0.0252.